The van der Waals surface area contributed by atoms with E-state index in [1.54, 1.807) is 29.4 Å². The molecule has 5 nitrogen and oxygen atoms in total. The Kier molecular flexibility index (Phi) is 4.38. The molecule has 0 saturated carbocycles. The second kappa shape index (κ2) is 6.84. The Morgan fingerprint density at radius 1 is 1.19 bits per heavy atom. The van der Waals surface area contributed by atoms with Gasteiger partial charge in [-0.25, -0.2) is 14.4 Å². The van der Waals surface area contributed by atoms with Crippen LogP contribution in [0.15, 0.2) is 42.5 Å². The first-order chi connectivity index (χ1) is 12.6. The molecule has 0 spiro atoms. The van der Waals surface area contributed by atoms with Crippen LogP contribution < -0.4 is 0 Å². The Labute approximate surface area is 153 Å². The van der Waals surface area contributed by atoms with E-state index in [1.165, 1.54) is 12.1 Å². The summed E-state index contributed by atoms with van der Waals surface area (Å²) in [7, 11) is 1.74. The molecule has 0 atom stereocenters. The first kappa shape index (κ1) is 16.7. The Bertz CT molecular complexity index is 1050. The summed E-state index contributed by atoms with van der Waals surface area (Å²) in [6.07, 6.45) is 1.01. The standard InChI is InChI=1S/C19H17FN4OS/c1-24(11-17-21-13-7-6-12(20)10-15(13)22-17)19(25)9-8-18-23-14-4-2-3-5-16(14)26-18/h2-7,10H,8-9,11H2,1H3,(H,21,22). The van der Waals surface area contributed by atoms with Crippen molar-refractivity contribution in [2.75, 3.05) is 7.05 Å². The lowest BCUT2D eigenvalue weighted by molar-refractivity contribution is -0.130. The first-order valence-electron chi connectivity index (χ1n) is 8.31. The van der Waals surface area contributed by atoms with Crippen LogP contribution in [0.4, 0.5) is 4.39 Å². The summed E-state index contributed by atoms with van der Waals surface area (Å²) in [4.78, 5) is 26.0. The highest BCUT2D eigenvalue weighted by molar-refractivity contribution is 7.18. The van der Waals surface area contributed by atoms with Gasteiger partial charge in [-0.3, -0.25) is 4.79 Å². The SMILES string of the molecule is CN(Cc1nc2ccc(F)cc2[nH]1)C(=O)CCc1nc2ccccc2s1. The van der Waals surface area contributed by atoms with Crippen LogP contribution in [0.25, 0.3) is 21.3 Å². The second-order valence-corrected chi connectivity index (χ2v) is 7.29. The molecule has 0 aliphatic heterocycles. The van der Waals surface area contributed by atoms with Crippen LogP contribution in [-0.2, 0) is 17.8 Å². The number of H-pyrrole nitrogens is 1. The summed E-state index contributed by atoms with van der Waals surface area (Å²) in [5.74, 6) is 0.352. The summed E-state index contributed by atoms with van der Waals surface area (Å²) in [6.45, 7) is 0.356. The van der Waals surface area contributed by atoms with E-state index >= 15 is 0 Å². The molecule has 26 heavy (non-hydrogen) atoms. The number of hydrogen-bond acceptors (Lipinski definition) is 4. The zero-order valence-electron chi connectivity index (χ0n) is 14.2. The Balaban J connectivity index is 1.38. The summed E-state index contributed by atoms with van der Waals surface area (Å²) < 4.78 is 14.4. The van der Waals surface area contributed by atoms with Gasteiger partial charge in [-0.2, -0.15) is 0 Å². The van der Waals surface area contributed by atoms with Crippen molar-refractivity contribution in [3.63, 3.8) is 0 Å². The van der Waals surface area contributed by atoms with E-state index in [9.17, 15) is 9.18 Å². The number of benzene rings is 2. The Morgan fingerprint density at radius 3 is 2.88 bits per heavy atom. The van der Waals surface area contributed by atoms with Crippen molar-refractivity contribution in [2.45, 2.75) is 19.4 Å². The van der Waals surface area contributed by atoms with Crippen LogP contribution in [0.5, 0.6) is 0 Å². The zero-order chi connectivity index (χ0) is 18.1. The van der Waals surface area contributed by atoms with Crippen LogP contribution >= 0.6 is 11.3 Å². The molecule has 7 heteroatoms. The number of nitrogens with one attached hydrogen (secondary N) is 1. The number of aromatic nitrogens is 3. The summed E-state index contributed by atoms with van der Waals surface area (Å²) >= 11 is 1.62. The Morgan fingerprint density at radius 2 is 2.04 bits per heavy atom. The van der Waals surface area contributed by atoms with Gasteiger partial charge in [-0.15, -0.1) is 11.3 Å². The van der Waals surface area contributed by atoms with Gasteiger partial charge in [0.2, 0.25) is 5.91 Å². The number of rotatable bonds is 5. The number of nitrogens with zero attached hydrogens (tertiary/aromatic N) is 3. The van der Waals surface area contributed by atoms with E-state index in [1.807, 2.05) is 24.3 Å². The molecule has 2 aromatic carbocycles. The van der Waals surface area contributed by atoms with Crippen LogP contribution in [0.3, 0.4) is 0 Å². The van der Waals surface area contributed by atoms with E-state index in [0.717, 1.165) is 15.2 Å². The molecule has 0 radical (unpaired) electrons. The van der Waals surface area contributed by atoms with Crippen molar-refractivity contribution in [2.24, 2.45) is 0 Å². The molecular formula is C19H17FN4OS. The van der Waals surface area contributed by atoms with Gasteiger partial charge in [0.1, 0.15) is 11.6 Å². The van der Waals surface area contributed by atoms with Gasteiger partial charge in [0.05, 0.1) is 32.8 Å². The van der Waals surface area contributed by atoms with Gasteiger partial charge in [0.15, 0.2) is 0 Å². The lowest BCUT2D eigenvalue weighted by Gasteiger charge is -2.15. The first-order valence-corrected chi connectivity index (χ1v) is 9.13. The summed E-state index contributed by atoms with van der Waals surface area (Å²) in [5.41, 5.74) is 2.30. The highest BCUT2D eigenvalue weighted by Gasteiger charge is 2.13. The maximum Gasteiger partial charge on any atom is 0.223 e. The van der Waals surface area contributed by atoms with Crippen LogP contribution in [0.2, 0.25) is 0 Å². The molecule has 1 N–H and O–H groups in total. The number of fused-ring (bicyclic) bond motifs is 2. The van der Waals surface area contributed by atoms with Crippen molar-refractivity contribution >= 4 is 38.5 Å². The van der Waals surface area contributed by atoms with E-state index in [-0.39, 0.29) is 11.7 Å². The van der Waals surface area contributed by atoms with Crippen molar-refractivity contribution in [3.05, 3.63) is 59.1 Å². The number of amides is 1. The van der Waals surface area contributed by atoms with Crippen LogP contribution in [-0.4, -0.2) is 32.8 Å². The molecule has 4 aromatic rings. The second-order valence-electron chi connectivity index (χ2n) is 6.17. The smallest absolute Gasteiger partial charge is 0.223 e. The zero-order valence-corrected chi connectivity index (χ0v) is 15.0. The molecule has 0 aliphatic carbocycles. The lowest BCUT2D eigenvalue weighted by Crippen LogP contribution is -2.26. The average Bonchev–Trinajstić information content (AvgIpc) is 3.21. The number of aromatic amines is 1. The predicted molar refractivity (Wildman–Crippen MR) is 100 cm³/mol. The molecule has 0 bridgehead atoms. The monoisotopic (exact) mass is 368 g/mol. The van der Waals surface area contributed by atoms with E-state index in [2.05, 4.69) is 15.0 Å². The number of carbonyl (C=O) groups excluding carboxylic acids is 1. The third-order valence-electron chi connectivity index (χ3n) is 4.20. The molecule has 2 heterocycles. The molecule has 132 valence electrons. The quantitative estimate of drug-likeness (QED) is 0.581. The van der Waals surface area contributed by atoms with Gasteiger partial charge in [-0.1, -0.05) is 12.1 Å². The fraction of sp³-hybridized carbons (Fsp3) is 0.211. The topological polar surface area (TPSA) is 61.9 Å². The van der Waals surface area contributed by atoms with Crippen LogP contribution in [0, 0.1) is 5.82 Å². The third kappa shape index (κ3) is 3.43. The van der Waals surface area contributed by atoms with Gasteiger partial charge in [0.25, 0.3) is 0 Å². The maximum atomic E-state index is 13.3. The van der Waals surface area contributed by atoms with Crippen molar-refractivity contribution in [1.29, 1.82) is 0 Å². The summed E-state index contributed by atoms with van der Waals surface area (Å²) in [6, 6.07) is 12.4. The highest BCUT2D eigenvalue weighted by Crippen LogP contribution is 2.22. The molecule has 2 aromatic heterocycles. The number of aryl methyl sites for hydroxylation is 1. The molecular weight excluding hydrogens is 351 g/mol. The fourth-order valence-electron chi connectivity index (χ4n) is 2.85. The molecule has 0 aliphatic rings. The number of thiazole rings is 1. The minimum Gasteiger partial charge on any atom is -0.340 e. The van der Waals surface area contributed by atoms with E-state index in [4.69, 9.17) is 0 Å². The van der Waals surface area contributed by atoms with Crippen molar-refractivity contribution in [3.8, 4) is 0 Å². The van der Waals surface area contributed by atoms with Crippen molar-refractivity contribution < 1.29 is 9.18 Å². The van der Waals surface area contributed by atoms with Gasteiger partial charge in [-0.05, 0) is 30.3 Å². The number of para-hydroxylation sites is 1. The highest BCUT2D eigenvalue weighted by atomic mass is 32.1. The van der Waals surface area contributed by atoms with Gasteiger partial charge in [0, 0.05) is 19.9 Å². The van der Waals surface area contributed by atoms with E-state index in [0.29, 0.717) is 36.2 Å². The molecule has 1 amide bonds. The van der Waals surface area contributed by atoms with Crippen LogP contribution in [0.1, 0.15) is 17.3 Å². The third-order valence-corrected chi connectivity index (χ3v) is 5.29. The number of hydrogen-bond donors (Lipinski definition) is 1. The summed E-state index contributed by atoms with van der Waals surface area (Å²) in [5, 5.41) is 0.965. The number of imidazole rings is 1. The molecule has 0 saturated heterocycles. The minimum atomic E-state index is -0.312. The maximum absolute atomic E-state index is 13.3. The molecule has 0 fully saturated rings. The van der Waals surface area contributed by atoms with Gasteiger partial charge >= 0.3 is 0 Å². The predicted octanol–water partition coefficient (Wildman–Crippen LogP) is 3.90. The largest absolute Gasteiger partial charge is 0.340 e. The fourth-order valence-corrected chi connectivity index (χ4v) is 3.82. The molecule has 4 rings (SSSR count). The number of carbonyl (C=O) groups is 1. The van der Waals surface area contributed by atoms with E-state index < -0.39 is 0 Å². The van der Waals surface area contributed by atoms with Crippen molar-refractivity contribution in [1.82, 2.24) is 19.9 Å². The normalized spacial score (nSPS) is 11.3. The lowest BCUT2D eigenvalue weighted by atomic mass is 10.3. The minimum absolute atomic E-state index is 0.0240. The molecule has 0 unspecified atom stereocenters. The average molecular weight is 368 g/mol. The van der Waals surface area contributed by atoms with Gasteiger partial charge < -0.3 is 9.88 Å². The number of halogens is 1. The Hall–Kier alpha value is -2.80.